The fourth-order valence-electron chi connectivity index (χ4n) is 4.43. The van der Waals surface area contributed by atoms with Crippen LogP contribution in [0.25, 0.3) is 10.1 Å². The van der Waals surface area contributed by atoms with Gasteiger partial charge in [0.2, 0.25) is 6.29 Å². The van der Waals surface area contributed by atoms with E-state index in [1.807, 2.05) is 43.3 Å². The summed E-state index contributed by atoms with van der Waals surface area (Å²) in [4.78, 5) is 13.0. The van der Waals surface area contributed by atoms with E-state index in [0.717, 1.165) is 12.8 Å². The first kappa shape index (κ1) is 23.5. The monoisotopic (exact) mass is 465 g/mol. The molecule has 1 aliphatic rings. The molecule has 0 saturated heterocycles. The molecule has 1 aliphatic heterocycles. The molecule has 2 N–H and O–H groups in total. The predicted molar refractivity (Wildman–Crippen MR) is 132 cm³/mol. The molecule has 0 fully saturated rings. The summed E-state index contributed by atoms with van der Waals surface area (Å²) >= 11 is 1.71. The molecule has 0 saturated carbocycles. The van der Waals surface area contributed by atoms with Crippen LogP contribution >= 0.6 is 11.3 Å². The molecule has 0 aliphatic carbocycles. The molecule has 3 aromatic rings. The van der Waals surface area contributed by atoms with Crippen molar-refractivity contribution in [2.45, 2.75) is 38.4 Å². The van der Waals surface area contributed by atoms with Gasteiger partial charge in [-0.1, -0.05) is 48.5 Å². The van der Waals surface area contributed by atoms with Gasteiger partial charge in [-0.05, 0) is 60.2 Å². The number of aliphatic hydroxyl groups excluding tert-OH is 1. The van der Waals surface area contributed by atoms with Crippen molar-refractivity contribution >= 4 is 27.3 Å². The number of carbonyl (C=O) groups excluding carboxylic acids is 1. The average Bonchev–Trinajstić information content (AvgIpc) is 3.27. The maximum Gasteiger partial charge on any atom is 0.286 e. The van der Waals surface area contributed by atoms with E-state index >= 15 is 0 Å². The van der Waals surface area contributed by atoms with E-state index in [-0.39, 0.29) is 24.3 Å². The first-order valence-electron chi connectivity index (χ1n) is 11.6. The molecule has 3 atom stereocenters. The van der Waals surface area contributed by atoms with Crippen molar-refractivity contribution in [1.82, 2.24) is 5.32 Å². The molecule has 0 bridgehead atoms. The molecule has 33 heavy (non-hydrogen) atoms. The van der Waals surface area contributed by atoms with Crippen LogP contribution < -0.4 is 5.32 Å². The third-order valence-corrected chi connectivity index (χ3v) is 7.03. The van der Waals surface area contributed by atoms with E-state index in [1.54, 1.807) is 11.3 Å². The molecule has 1 amide bonds. The van der Waals surface area contributed by atoms with Crippen LogP contribution in [0.1, 0.15) is 36.8 Å². The first-order valence-corrected chi connectivity index (χ1v) is 12.5. The van der Waals surface area contributed by atoms with Gasteiger partial charge in [-0.25, -0.2) is 0 Å². The second kappa shape index (κ2) is 11.5. The second-order valence-electron chi connectivity index (χ2n) is 8.21. The van der Waals surface area contributed by atoms with E-state index < -0.39 is 6.29 Å². The van der Waals surface area contributed by atoms with E-state index in [1.165, 1.54) is 21.2 Å². The standard InChI is InChI=1S/C27H31NO4S/c1-2-31-27-21(12-8-16-29)22(23-18-33-25-13-7-6-11-20(23)25)17-24(32-27)26(30)28-15-14-19-9-4-3-5-10-19/h3-7,9-11,13,17-18,21-22,27,29H,2,8,12,14-16H2,1H3,(H,28,30)/t21-,22+,27-/m0/s1. The maximum absolute atomic E-state index is 13.0. The highest BCUT2D eigenvalue weighted by molar-refractivity contribution is 7.17. The SMILES string of the molecule is CCO[C@H]1OC(C(=O)NCCc2ccccc2)=C[C@@H](c2csc3ccccc23)[C@@H]1CCCO. The lowest BCUT2D eigenvalue weighted by Crippen LogP contribution is -2.39. The van der Waals surface area contributed by atoms with Gasteiger partial charge in [0.15, 0.2) is 5.76 Å². The topological polar surface area (TPSA) is 67.8 Å². The number of hydrogen-bond acceptors (Lipinski definition) is 5. The Labute approximate surface area is 199 Å². The van der Waals surface area contributed by atoms with Crippen LogP contribution in [0.5, 0.6) is 0 Å². The van der Waals surface area contributed by atoms with Gasteiger partial charge in [-0.15, -0.1) is 11.3 Å². The molecule has 0 radical (unpaired) electrons. The molecular weight excluding hydrogens is 434 g/mol. The zero-order valence-electron chi connectivity index (χ0n) is 18.9. The summed E-state index contributed by atoms with van der Waals surface area (Å²) in [5.74, 6) is 0.0617. The Kier molecular flexibility index (Phi) is 8.15. The van der Waals surface area contributed by atoms with Gasteiger partial charge in [0, 0.05) is 36.3 Å². The number of aliphatic hydroxyl groups is 1. The quantitative estimate of drug-likeness (QED) is 0.442. The van der Waals surface area contributed by atoms with Crippen molar-refractivity contribution in [1.29, 1.82) is 0 Å². The van der Waals surface area contributed by atoms with Crippen molar-refractivity contribution in [2.75, 3.05) is 19.8 Å². The molecule has 6 heteroatoms. The summed E-state index contributed by atoms with van der Waals surface area (Å²) in [5, 5.41) is 15.8. The molecular formula is C27H31NO4S. The third kappa shape index (κ3) is 5.64. The molecule has 2 aromatic carbocycles. The molecule has 0 unspecified atom stereocenters. The van der Waals surface area contributed by atoms with E-state index in [9.17, 15) is 9.90 Å². The minimum absolute atomic E-state index is 0.0102. The predicted octanol–water partition coefficient (Wildman–Crippen LogP) is 5.01. The summed E-state index contributed by atoms with van der Waals surface area (Å²) in [6.45, 7) is 3.06. The third-order valence-electron chi connectivity index (χ3n) is 6.05. The molecule has 4 rings (SSSR count). The Balaban J connectivity index is 1.59. The van der Waals surface area contributed by atoms with Crippen molar-refractivity contribution < 1.29 is 19.4 Å². The Morgan fingerprint density at radius 3 is 2.73 bits per heavy atom. The number of allylic oxidation sites excluding steroid dienone is 1. The van der Waals surface area contributed by atoms with Gasteiger partial charge in [-0.2, -0.15) is 0 Å². The van der Waals surface area contributed by atoms with Crippen LogP contribution in [0.2, 0.25) is 0 Å². The van der Waals surface area contributed by atoms with Crippen LogP contribution in [-0.2, 0) is 20.7 Å². The lowest BCUT2D eigenvalue weighted by Gasteiger charge is -2.36. The highest BCUT2D eigenvalue weighted by Gasteiger charge is 2.38. The zero-order valence-corrected chi connectivity index (χ0v) is 19.7. The lowest BCUT2D eigenvalue weighted by molar-refractivity contribution is -0.166. The zero-order chi connectivity index (χ0) is 23.0. The number of ether oxygens (including phenoxy) is 2. The van der Waals surface area contributed by atoms with E-state index in [2.05, 4.69) is 35.0 Å². The second-order valence-corrected chi connectivity index (χ2v) is 9.12. The van der Waals surface area contributed by atoms with Crippen LogP contribution in [0, 0.1) is 5.92 Å². The van der Waals surface area contributed by atoms with Gasteiger partial charge in [0.1, 0.15) is 0 Å². The normalized spacial score (nSPS) is 20.3. The number of hydrogen-bond donors (Lipinski definition) is 2. The number of nitrogens with one attached hydrogen (secondary N) is 1. The number of amides is 1. The van der Waals surface area contributed by atoms with Gasteiger partial charge in [0.05, 0.1) is 0 Å². The van der Waals surface area contributed by atoms with Gasteiger partial charge < -0.3 is 19.9 Å². The summed E-state index contributed by atoms with van der Waals surface area (Å²) in [6.07, 6.45) is 3.57. The van der Waals surface area contributed by atoms with Crippen molar-refractivity contribution in [3.8, 4) is 0 Å². The van der Waals surface area contributed by atoms with E-state index in [4.69, 9.17) is 9.47 Å². The molecule has 5 nitrogen and oxygen atoms in total. The summed E-state index contributed by atoms with van der Waals surface area (Å²) in [7, 11) is 0. The Morgan fingerprint density at radius 1 is 1.15 bits per heavy atom. The number of thiophene rings is 1. The highest BCUT2D eigenvalue weighted by atomic mass is 32.1. The van der Waals surface area contributed by atoms with Crippen LogP contribution in [0.15, 0.2) is 71.8 Å². The van der Waals surface area contributed by atoms with Crippen LogP contribution in [0.4, 0.5) is 0 Å². The maximum atomic E-state index is 13.0. The smallest absolute Gasteiger partial charge is 0.286 e. The van der Waals surface area contributed by atoms with Crippen LogP contribution in [-0.4, -0.2) is 37.1 Å². The first-order chi connectivity index (χ1) is 16.2. The van der Waals surface area contributed by atoms with Gasteiger partial charge >= 0.3 is 0 Å². The Bertz CT molecular complexity index is 1080. The molecule has 2 heterocycles. The van der Waals surface area contributed by atoms with Crippen molar-refractivity contribution in [2.24, 2.45) is 5.92 Å². The summed E-state index contributed by atoms with van der Waals surface area (Å²) < 4.78 is 13.3. The number of fused-ring (bicyclic) bond motifs is 1. The molecule has 174 valence electrons. The van der Waals surface area contributed by atoms with E-state index in [0.29, 0.717) is 25.3 Å². The number of benzene rings is 2. The number of rotatable bonds is 10. The fourth-order valence-corrected chi connectivity index (χ4v) is 5.44. The van der Waals surface area contributed by atoms with Crippen molar-refractivity contribution in [3.63, 3.8) is 0 Å². The molecule has 1 aromatic heterocycles. The summed E-state index contributed by atoms with van der Waals surface area (Å²) in [6, 6.07) is 18.4. The Morgan fingerprint density at radius 2 is 1.94 bits per heavy atom. The van der Waals surface area contributed by atoms with Gasteiger partial charge in [-0.3, -0.25) is 4.79 Å². The minimum Gasteiger partial charge on any atom is -0.459 e. The number of carbonyl (C=O) groups is 1. The van der Waals surface area contributed by atoms with Gasteiger partial charge in [0.25, 0.3) is 5.91 Å². The fraction of sp³-hybridized carbons (Fsp3) is 0.370. The lowest BCUT2D eigenvalue weighted by atomic mass is 9.80. The Hall–Kier alpha value is -2.67. The highest BCUT2D eigenvalue weighted by Crippen LogP contribution is 2.43. The van der Waals surface area contributed by atoms with Crippen molar-refractivity contribution in [3.05, 3.63) is 82.9 Å². The average molecular weight is 466 g/mol. The minimum atomic E-state index is -0.537. The molecule has 0 spiro atoms. The van der Waals surface area contributed by atoms with Crippen LogP contribution in [0.3, 0.4) is 0 Å². The largest absolute Gasteiger partial charge is 0.459 e. The summed E-state index contributed by atoms with van der Waals surface area (Å²) in [5.41, 5.74) is 2.36.